The molecule has 29 heavy (non-hydrogen) atoms. The fraction of sp³-hybridized carbons (Fsp3) is 0.318. The Kier molecular flexibility index (Phi) is 5.20. The summed E-state index contributed by atoms with van der Waals surface area (Å²) in [7, 11) is 1.55. The summed E-state index contributed by atoms with van der Waals surface area (Å²) in [6.45, 7) is 0.299. The van der Waals surface area contributed by atoms with Crippen molar-refractivity contribution in [2.75, 3.05) is 23.9 Å². The van der Waals surface area contributed by atoms with E-state index in [9.17, 15) is 14.4 Å². The molecule has 1 unspecified atom stereocenters. The van der Waals surface area contributed by atoms with E-state index >= 15 is 0 Å². The van der Waals surface area contributed by atoms with Gasteiger partial charge in [-0.05, 0) is 49.2 Å². The highest BCUT2D eigenvalue weighted by molar-refractivity contribution is 6.04. The number of amides is 3. The third kappa shape index (κ3) is 4.23. The molecular formula is C22H23N3O4. The summed E-state index contributed by atoms with van der Waals surface area (Å²) < 4.78 is 5.33. The molecule has 0 bridgehead atoms. The van der Waals surface area contributed by atoms with Gasteiger partial charge in [-0.3, -0.25) is 14.4 Å². The second kappa shape index (κ2) is 7.95. The van der Waals surface area contributed by atoms with E-state index in [-0.39, 0.29) is 24.1 Å². The van der Waals surface area contributed by atoms with Gasteiger partial charge in [-0.1, -0.05) is 12.1 Å². The average Bonchev–Trinajstić information content (AvgIpc) is 3.46. The minimum atomic E-state index is -0.453. The number of nitrogens with zero attached hydrogens (tertiary/aromatic N) is 1. The quantitative estimate of drug-likeness (QED) is 0.790. The average molecular weight is 393 g/mol. The van der Waals surface area contributed by atoms with Crippen LogP contribution in [-0.4, -0.2) is 37.4 Å². The number of methoxy groups -OCH3 is 1. The second-order valence-electron chi connectivity index (χ2n) is 7.39. The first-order valence-corrected chi connectivity index (χ1v) is 9.70. The highest BCUT2D eigenvalue weighted by Gasteiger charge is 2.36. The van der Waals surface area contributed by atoms with Crippen molar-refractivity contribution in [3.8, 4) is 5.75 Å². The van der Waals surface area contributed by atoms with Crippen molar-refractivity contribution in [2.24, 2.45) is 5.92 Å². The van der Waals surface area contributed by atoms with Gasteiger partial charge >= 0.3 is 0 Å². The largest absolute Gasteiger partial charge is 0.495 e. The maximum absolute atomic E-state index is 12.7. The standard InChI is InChI=1S/C22H23N3O4/c1-29-19-5-3-2-4-18(19)25-13-15(12-20(25)26)22(28)24-16-8-6-14(7-9-16)21(27)23-17-10-11-17/h2-9,15,17H,10-13H2,1H3,(H,23,27)(H,24,28). The lowest BCUT2D eigenvalue weighted by molar-refractivity contribution is -0.122. The summed E-state index contributed by atoms with van der Waals surface area (Å²) in [5, 5.41) is 5.77. The molecule has 2 fully saturated rings. The zero-order valence-electron chi connectivity index (χ0n) is 16.2. The predicted octanol–water partition coefficient (Wildman–Crippen LogP) is 2.58. The van der Waals surface area contributed by atoms with E-state index in [1.54, 1.807) is 42.3 Å². The number of hydrogen-bond donors (Lipinski definition) is 2. The number of hydrogen-bond acceptors (Lipinski definition) is 4. The number of ether oxygens (including phenoxy) is 1. The molecule has 1 saturated carbocycles. The first-order valence-electron chi connectivity index (χ1n) is 9.70. The number of rotatable bonds is 6. The summed E-state index contributed by atoms with van der Waals surface area (Å²) in [6.07, 6.45) is 2.21. The van der Waals surface area contributed by atoms with Crippen LogP contribution in [0.5, 0.6) is 5.75 Å². The van der Waals surface area contributed by atoms with Gasteiger partial charge in [0.1, 0.15) is 5.75 Å². The van der Waals surface area contributed by atoms with Crippen molar-refractivity contribution in [3.05, 3.63) is 54.1 Å². The second-order valence-corrected chi connectivity index (χ2v) is 7.39. The van der Waals surface area contributed by atoms with E-state index < -0.39 is 5.92 Å². The van der Waals surface area contributed by atoms with E-state index in [1.165, 1.54) is 0 Å². The lowest BCUT2D eigenvalue weighted by atomic mass is 10.1. The van der Waals surface area contributed by atoms with Crippen molar-refractivity contribution in [1.82, 2.24) is 5.32 Å². The smallest absolute Gasteiger partial charge is 0.251 e. The highest BCUT2D eigenvalue weighted by Crippen LogP contribution is 2.33. The zero-order chi connectivity index (χ0) is 20.4. The van der Waals surface area contributed by atoms with E-state index in [0.717, 1.165) is 12.8 Å². The SMILES string of the molecule is COc1ccccc1N1CC(C(=O)Nc2ccc(C(=O)NC3CC3)cc2)CC1=O. The third-order valence-corrected chi connectivity index (χ3v) is 5.20. The minimum absolute atomic E-state index is 0.0979. The van der Waals surface area contributed by atoms with Gasteiger partial charge in [-0.2, -0.15) is 0 Å². The molecule has 4 rings (SSSR count). The monoisotopic (exact) mass is 393 g/mol. The van der Waals surface area contributed by atoms with Gasteiger partial charge in [0.05, 0.1) is 18.7 Å². The zero-order valence-corrected chi connectivity index (χ0v) is 16.2. The van der Waals surface area contributed by atoms with Gasteiger partial charge < -0.3 is 20.3 Å². The molecule has 0 spiro atoms. The van der Waals surface area contributed by atoms with Crippen LogP contribution in [0.1, 0.15) is 29.6 Å². The number of benzene rings is 2. The molecule has 7 nitrogen and oxygen atoms in total. The van der Waals surface area contributed by atoms with Crippen LogP contribution in [0.15, 0.2) is 48.5 Å². The van der Waals surface area contributed by atoms with E-state index in [2.05, 4.69) is 10.6 Å². The van der Waals surface area contributed by atoms with Gasteiger partial charge in [0.15, 0.2) is 0 Å². The topological polar surface area (TPSA) is 87.7 Å². The molecule has 0 radical (unpaired) electrons. The van der Waals surface area contributed by atoms with Crippen molar-refractivity contribution >= 4 is 29.1 Å². The molecule has 2 aromatic rings. The van der Waals surface area contributed by atoms with Gasteiger partial charge in [-0.15, -0.1) is 0 Å². The molecule has 2 aliphatic rings. The van der Waals surface area contributed by atoms with E-state index in [4.69, 9.17) is 4.74 Å². The molecule has 1 aliphatic carbocycles. The van der Waals surface area contributed by atoms with Crippen molar-refractivity contribution < 1.29 is 19.1 Å². The van der Waals surface area contributed by atoms with Crippen molar-refractivity contribution in [3.63, 3.8) is 0 Å². The Labute approximate surface area is 169 Å². The summed E-state index contributed by atoms with van der Waals surface area (Å²) in [4.78, 5) is 38.8. The van der Waals surface area contributed by atoms with Crippen LogP contribution in [0.2, 0.25) is 0 Å². The Morgan fingerprint density at radius 2 is 1.79 bits per heavy atom. The maximum atomic E-state index is 12.7. The van der Waals surface area contributed by atoms with Crippen LogP contribution in [0, 0.1) is 5.92 Å². The molecule has 0 aromatic heterocycles. The van der Waals surface area contributed by atoms with E-state index in [0.29, 0.717) is 35.3 Å². The summed E-state index contributed by atoms with van der Waals surface area (Å²) in [5.41, 5.74) is 1.83. The lowest BCUT2D eigenvalue weighted by Gasteiger charge is -2.19. The summed E-state index contributed by atoms with van der Waals surface area (Å²) in [5.74, 6) is -0.279. The lowest BCUT2D eigenvalue weighted by Crippen LogP contribution is -2.28. The normalized spacial score (nSPS) is 18.4. The predicted molar refractivity (Wildman–Crippen MR) is 109 cm³/mol. The molecule has 2 aromatic carbocycles. The van der Waals surface area contributed by atoms with Gasteiger partial charge in [0.2, 0.25) is 11.8 Å². The number of carbonyl (C=O) groups excluding carboxylic acids is 3. The first-order chi connectivity index (χ1) is 14.0. The highest BCUT2D eigenvalue weighted by atomic mass is 16.5. The fourth-order valence-corrected chi connectivity index (χ4v) is 3.41. The Bertz CT molecular complexity index is 937. The van der Waals surface area contributed by atoms with Gasteiger partial charge in [0.25, 0.3) is 5.91 Å². The van der Waals surface area contributed by atoms with Gasteiger partial charge in [-0.25, -0.2) is 0 Å². The molecular weight excluding hydrogens is 370 g/mol. The maximum Gasteiger partial charge on any atom is 0.251 e. The van der Waals surface area contributed by atoms with Crippen LogP contribution in [0.25, 0.3) is 0 Å². The molecule has 1 saturated heterocycles. The summed E-state index contributed by atoms with van der Waals surface area (Å²) in [6, 6.07) is 14.3. The summed E-state index contributed by atoms with van der Waals surface area (Å²) >= 11 is 0. The van der Waals surface area contributed by atoms with Gasteiger partial charge in [0, 0.05) is 30.3 Å². The van der Waals surface area contributed by atoms with Crippen LogP contribution >= 0.6 is 0 Å². The van der Waals surface area contributed by atoms with Crippen molar-refractivity contribution in [1.29, 1.82) is 0 Å². The van der Waals surface area contributed by atoms with Crippen LogP contribution in [-0.2, 0) is 9.59 Å². The molecule has 2 N–H and O–H groups in total. The Balaban J connectivity index is 1.38. The van der Waals surface area contributed by atoms with Crippen LogP contribution in [0.3, 0.4) is 0 Å². The molecule has 1 aliphatic heterocycles. The Morgan fingerprint density at radius 3 is 2.48 bits per heavy atom. The Morgan fingerprint density at radius 1 is 1.07 bits per heavy atom. The molecule has 1 heterocycles. The Hall–Kier alpha value is -3.35. The van der Waals surface area contributed by atoms with Crippen LogP contribution in [0.4, 0.5) is 11.4 Å². The number of nitrogens with one attached hydrogen (secondary N) is 2. The first kappa shape index (κ1) is 19.0. The third-order valence-electron chi connectivity index (χ3n) is 5.20. The molecule has 150 valence electrons. The van der Waals surface area contributed by atoms with Crippen molar-refractivity contribution in [2.45, 2.75) is 25.3 Å². The molecule has 7 heteroatoms. The minimum Gasteiger partial charge on any atom is -0.495 e. The number of anilines is 2. The molecule has 3 amide bonds. The van der Waals surface area contributed by atoms with Crippen LogP contribution < -0.4 is 20.3 Å². The molecule has 1 atom stereocenters. The fourth-order valence-electron chi connectivity index (χ4n) is 3.41. The number of para-hydroxylation sites is 2. The number of carbonyl (C=O) groups is 3. The van der Waals surface area contributed by atoms with E-state index in [1.807, 2.05) is 18.2 Å².